The monoisotopic (exact) mass is 326 g/mol. The molecule has 0 amide bonds. The zero-order valence-corrected chi connectivity index (χ0v) is 13.1. The largest absolute Gasteiger partial charge is 0.504 e. The first-order chi connectivity index (χ1) is 11.2. The fourth-order valence-corrected chi connectivity index (χ4v) is 2.28. The Morgan fingerprint density at radius 1 is 1.22 bits per heavy atom. The highest BCUT2D eigenvalue weighted by Crippen LogP contribution is 2.28. The van der Waals surface area contributed by atoms with Gasteiger partial charge in [0, 0.05) is 11.1 Å². The Balaban J connectivity index is 2.01. The number of aromatic nitrogens is 3. The normalized spacial score (nSPS) is 11.0. The lowest BCUT2D eigenvalue weighted by atomic mass is 10.2. The molecule has 0 radical (unpaired) electrons. The fraction of sp³-hybridized carbons (Fsp3) is 0.0625. The summed E-state index contributed by atoms with van der Waals surface area (Å²) in [6.45, 7) is 0. The van der Waals surface area contributed by atoms with E-state index in [1.807, 2.05) is 30.3 Å². The van der Waals surface area contributed by atoms with Crippen molar-refractivity contribution in [2.75, 3.05) is 7.11 Å². The lowest BCUT2D eigenvalue weighted by Gasteiger charge is -2.05. The molecule has 2 N–H and O–H groups in total. The summed E-state index contributed by atoms with van der Waals surface area (Å²) in [5.74, 6) is 0.997. The van der Waals surface area contributed by atoms with Gasteiger partial charge in [-0.1, -0.05) is 36.4 Å². The minimum atomic E-state index is 0.0232. The van der Waals surface area contributed by atoms with Crippen molar-refractivity contribution in [2.24, 2.45) is 5.10 Å². The topological polar surface area (TPSA) is 75.4 Å². The number of benzene rings is 2. The van der Waals surface area contributed by atoms with Crippen LogP contribution in [-0.2, 0) is 0 Å². The molecule has 3 aromatic rings. The predicted octanol–water partition coefficient (Wildman–Crippen LogP) is 3.20. The van der Waals surface area contributed by atoms with Crippen LogP contribution in [0, 0.1) is 4.77 Å². The van der Waals surface area contributed by atoms with Crippen molar-refractivity contribution in [3.63, 3.8) is 0 Å². The molecule has 0 aliphatic heterocycles. The first kappa shape index (κ1) is 15.0. The molecule has 1 heterocycles. The maximum atomic E-state index is 10.1. The molecule has 116 valence electrons. The van der Waals surface area contributed by atoms with Crippen LogP contribution in [0.5, 0.6) is 11.5 Å². The van der Waals surface area contributed by atoms with E-state index in [9.17, 15) is 5.11 Å². The standard InChI is InChI=1S/C16H14N4O2S/c1-22-13-9-5-8-12(14(13)21)10-17-20-15(18-19-16(20)23)11-6-3-2-4-7-11/h2-10,21H,1H3,(H,19,23)/b17-10-. The van der Waals surface area contributed by atoms with E-state index in [2.05, 4.69) is 15.3 Å². The van der Waals surface area contributed by atoms with Crippen molar-refractivity contribution in [3.05, 3.63) is 58.9 Å². The number of rotatable bonds is 4. The van der Waals surface area contributed by atoms with Gasteiger partial charge in [-0.25, -0.2) is 5.10 Å². The number of H-pyrrole nitrogens is 1. The lowest BCUT2D eigenvalue weighted by molar-refractivity contribution is 0.373. The van der Waals surface area contributed by atoms with Crippen molar-refractivity contribution >= 4 is 18.4 Å². The molecule has 3 rings (SSSR count). The third-order valence-electron chi connectivity index (χ3n) is 3.24. The SMILES string of the molecule is COc1cccc(/C=N\n2c(-c3ccccc3)n[nH]c2=S)c1O. The summed E-state index contributed by atoms with van der Waals surface area (Å²) >= 11 is 5.21. The highest BCUT2D eigenvalue weighted by atomic mass is 32.1. The molecular formula is C16H14N4O2S. The Bertz CT molecular complexity index is 900. The highest BCUT2D eigenvalue weighted by Gasteiger charge is 2.08. The summed E-state index contributed by atoms with van der Waals surface area (Å²) in [5.41, 5.74) is 1.40. The molecule has 0 saturated carbocycles. The van der Waals surface area contributed by atoms with Gasteiger partial charge in [-0.2, -0.15) is 14.9 Å². The molecular weight excluding hydrogens is 312 g/mol. The number of phenolic OH excluding ortho intramolecular Hbond substituents is 1. The van der Waals surface area contributed by atoms with Gasteiger partial charge in [0.25, 0.3) is 0 Å². The average molecular weight is 326 g/mol. The third-order valence-corrected chi connectivity index (χ3v) is 3.51. The van der Waals surface area contributed by atoms with E-state index in [1.165, 1.54) is 18.0 Å². The van der Waals surface area contributed by atoms with E-state index in [0.29, 0.717) is 21.9 Å². The van der Waals surface area contributed by atoms with Gasteiger partial charge >= 0.3 is 0 Å². The van der Waals surface area contributed by atoms with Crippen LogP contribution in [0.25, 0.3) is 11.4 Å². The summed E-state index contributed by atoms with van der Waals surface area (Å²) < 4.78 is 6.95. The third kappa shape index (κ3) is 3.00. The van der Waals surface area contributed by atoms with E-state index in [1.54, 1.807) is 18.2 Å². The van der Waals surface area contributed by atoms with E-state index in [0.717, 1.165) is 5.56 Å². The van der Waals surface area contributed by atoms with Crippen molar-refractivity contribution in [2.45, 2.75) is 0 Å². The number of hydrogen-bond donors (Lipinski definition) is 2. The highest BCUT2D eigenvalue weighted by molar-refractivity contribution is 7.71. The maximum absolute atomic E-state index is 10.1. The van der Waals surface area contributed by atoms with Gasteiger partial charge in [0.15, 0.2) is 17.3 Å². The number of hydrogen-bond acceptors (Lipinski definition) is 5. The van der Waals surface area contributed by atoms with Crippen molar-refractivity contribution < 1.29 is 9.84 Å². The predicted molar refractivity (Wildman–Crippen MR) is 90.5 cm³/mol. The van der Waals surface area contributed by atoms with Crippen LogP contribution < -0.4 is 4.74 Å². The van der Waals surface area contributed by atoms with Gasteiger partial charge in [-0.15, -0.1) is 0 Å². The molecule has 2 aromatic carbocycles. The number of methoxy groups -OCH3 is 1. The number of nitrogens with one attached hydrogen (secondary N) is 1. The molecule has 0 bridgehead atoms. The molecule has 0 unspecified atom stereocenters. The van der Waals surface area contributed by atoms with Gasteiger partial charge in [-0.3, -0.25) is 0 Å². The molecule has 0 saturated heterocycles. The van der Waals surface area contributed by atoms with Gasteiger partial charge in [0.1, 0.15) is 0 Å². The van der Waals surface area contributed by atoms with Crippen molar-refractivity contribution in [3.8, 4) is 22.9 Å². The van der Waals surface area contributed by atoms with Gasteiger partial charge in [0.05, 0.1) is 13.3 Å². The van der Waals surface area contributed by atoms with Crippen LogP contribution in [0.1, 0.15) is 5.56 Å². The van der Waals surface area contributed by atoms with Crippen LogP contribution >= 0.6 is 12.2 Å². The Labute approximate surface area is 137 Å². The first-order valence-electron chi connectivity index (χ1n) is 6.84. The Morgan fingerprint density at radius 3 is 2.74 bits per heavy atom. The van der Waals surface area contributed by atoms with E-state index in [4.69, 9.17) is 17.0 Å². The smallest absolute Gasteiger partial charge is 0.216 e. The summed E-state index contributed by atoms with van der Waals surface area (Å²) in [4.78, 5) is 0. The van der Waals surface area contributed by atoms with Crippen molar-refractivity contribution in [1.82, 2.24) is 14.9 Å². The number of phenols is 1. The zero-order chi connectivity index (χ0) is 16.2. The Kier molecular flexibility index (Phi) is 4.20. The van der Waals surface area contributed by atoms with Gasteiger partial charge < -0.3 is 9.84 Å². The molecule has 0 atom stereocenters. The van der Waals surface area contributed by atoms with Gasteiger partial charge in [-0.05, 0) is 24.4 Å². The van der Waals surface area contributed by atoms with Crippen LogP contribution in [0.3, 0.4) is 0 Å². The number of nitrogens with zero attached hydrogens (tertiary/aromatic N) is 3. The van der Waals surface area contributed by atoms with Crippen molar-refractivity contribution in [1.29, 1.82) is 0 Å². The minimum absolute atomic E-state index is 0.0232. The molecule has 6 nitrogen and oxygen atoms in total. The second kappa shape index (κ2) is 6.45. The van der Waals surface area contributed by atoms with Gasteiger partial charge in [0.2, 0.25) is 4.77 Å². The number of para-hydroxylation sites is 1. The molecule has 1 aromatic heterocycles. The van der Waals surface area contributed by atoms with Crippen LogP contribution in [0.15, 0.2) is 53.6 Å². The first-order valence-corrected chi connectivity index (χ1v) is 7.24. The molecule has 0 aliphatic carbocycles. The minimum Gasteiger partial charge on any atom is -0.504 e. The van der Waals surface area contributed by atoms with E-state index in [-0.39, 0.29) is 5.75 Å². The molecule has 23 heavy (non-hydrogen) atoms. The van der Waals surface area contributed by atoms with Crippen LogP contribution in [-0.4, -0.2) is 33.3 Å². The van der Waals surface area contributed by atoms with E-state index < -0.39 is 0 Å². The lowest BCUT2D eigenvalue weighted by Crippen LogP contribution is -1.95. The number of aromatic hydroxyl groups is 1. The fourth-order valence-electron chi connectivity index (χ4n) is 2.10. The number of ether oxygens (including phenoxy) is 1. The average Bonchev–Trinajstić information content (AvgIpc) is 2.95. The summed E-state index contributed by atoms with van der Waals surface area (Å²) in [5, 5.41) is 21.3. The second-order valence-corrected chi connectivity index (χ2v) is 5.06. The van der Waals surface area contributed by atoms with Crippen LogP contribution in [0.4, 0.5) is 0 Å². The number of aromatic amines is 1. The van der Waals surface area contributed by atoms with E-state index >= 15 is 0 Å². The van der Waals surface area contributed by atoms with Crippen LogP contribution in [0.2, 0.25) is 0 Å². The summed E-state index contributed by atoms with van der Waals surface area (Å²) in [7, 11) is 1.50. The zero-order valence-electron chi connectivity index (χ0n) is 12.3. The Hall–Kier alpha value is -2.93. The molecule has 0 fully saturated rings. The molecule has 0 spiro atoms. The molecule has 7 heteroatoms. The molecule has 0 aliphatic rings. The summed E-state index contributed by atoms with van der Waals surface area (Å²) in [6, 6.07) is 14.8. The second-order valence-electron chi connectivity index (χ2n) is 4.67. The maximum Gasteiger partial charge on any atom is 0.216 e. The summed E-state index contributed by atoms with van der Waals surface area (Å²) in [6.07, 6.45) is 1.51. The quantitative estimate of drug-likeness (QED) is 0.570. The Morgan fingerprint density at radius 2 is 2.00 bits per heavy atom.